The molecule has 1 unspecified atom stereocenters. The van der Waals surface area contributed by atoms with Gasteiger partial charge in [0.1, 0.15) is 10.6 Å². The van der Waals surface area contributed by atoms with Crippen LogP contribution in [0.1, 0.15) is 6.92 Å². The molecule has 0 spiro atoms. The number of aliphatic hydroxyl groups is 2. The monoisotopic (exact) mass is 290 g/mol. The van der Waals surface area contributed by atoms with Crippen LogP contribution in [0.25, 0.3) is 0 Å². The second-order valence-electron chi connectivity index (χ2n) is 4.39. The highest BCUT2D eigenvalue weighted by Crippen LogP contribution is 2.25. The van der Waals surface area contributed by atoms with Crippen LogP contribution in [-0.4, -0.2) is 44.5 Å². The SMILES string of the molecule is COc1cc(N)ccc1S(=O)(=O)NCC(C)(O)CO. The number of nitrogens with two attached hydrogens (primary N) is 1. The summed E-state index contributed by atoms with van der Waals surface area (Å²) >= 11 is 0. The first-order valence-electron chi connectivity index (χ1n) is 5.48. The maximum atomic E-state index is 12.1. The molecule has 0 aliphatic rings. The van der Waals surface area contributed by atoms with Gasteiger partial charge in [0.25, 0.3) is 0 Å². The van der Waals surface area contributed by atoms with Gasteiger partial charge in [-0.1, -0.05) is 0 Å². The smallest absolute Gasteiger partial charge is 0.244 e. The van der Waals surface area contributed by atoms with Gasteiger partial charge in [-0.3, -0.25) is 0 Å². The van der Waals surface area contributed by atoms with E-state index in [1.54, 1.807) is 0 Å². The van der Waals surface area contributed by atoms with Gasteiger partial charge in [0.2, 0.25) is 10.0 Å². The quantitative estimate of drug-likeness (QED) is 0.514. The highest BCUT2D eigenvalue weighted by atomic mass is 32.2. The predicted octanol–water partition coefficient (Wildman–Crippen LogP) is -0.701. The number of sulfonamides is 1. The van der Waals surface area contributed by atoms with Gasteiger partial charge in [-0.05, 0) is 19.1 Å². The van der Waals surface area contributed by atoms with E-state index in [1.807, 2.05) is 0 Å². The molecule has 0 saturated carbocycles. The summed E-state index contributed by atoms with van der Waals surface area (Å²) in [6.45, 7) is 0.434. The molecule has 0 fully saturated rings. The number of methoxy groups -OCH3 is 1. The van der Waals surface area contributed by atoms with Crippen molar-refractivity contribution in [1.29, 1.82) is 0 Å². The van der Waals surface area contributed by atoms with E-state index < -0.39 is 22.2 Å². The largest absolute Gasteiger partial charge is 0.495 e. The van der Waals surface area contributed by atoms with Crippen LogP contribution in [0.4, 0.5) is 5.69 Å². The molecular weight excluding hydrogens is 272 g/mol. The first-order valence-corrected chi connectivity index (χ1v) is 6.96. The van der Waals surface area contributed by atoms with Crippen LogP contribution in [0.15, 0.2) is 23.1 Å². The molecule has 19 heavy (non-hydrogen) atoms. The third kappa shape index (κ3) is 4.06. The first kappa shape index (κ1) is 15.7. The Hall–Kier alpha value is -1.35. The Morgan fingerprint density at radius 3 is 2.63 bits per heavy atom. The summed E-state index contributed by atoms with van der Waals surface area (Å²) in [7, 11) is -2.53. The van der Waals surface area contributed by atoms with Crippen LogP contribution in [0.5, 0.6) is 5.75 Å². The van der Waals surface area contributed by atoms with Gasteiger partial charge in [0, 0.05) is 18.3 Å². The molecule has 7 nitrogen and oxygen atoms in total. The molecule has 0 bridgehead atoms. The molecule has 0 aliphatic carbocycles. The number of ether oxygens (including phenoxy) is 1. The maximum absolute atomic E-state index is 12.1. The van der Waals surface area contributed by atoms with E-state index in [0.717, 1.165) is 0 Å². The van der Waals surface area contributed by atoms with E-state index in [9.17, 15) is 13.5 Å². The Bertz CT molecular complexity index is 542. The van der Waals surface area contributed by atoms with Gasteiger partial charge in [-0.25, -0.2) is 13.1 Å². The van der Waals surface area contributed by atoms with Crippen molar-refractivity contribution in [2.24, 2.45) is 0 Å². The van der Waals surface area contributed by atoms with Gasteiger partial charge in [-0.2, -0.15) is 0 Å². The topological polar surface area (TPSA) is 122 Å². The molecule has 1 aromatic carbocycles. The van der Waals surface area contributed by atoms with Crippen molar-refractivity contribution in [3.63, 3.8) is 0 Å². The Labute approximate surface area is 112 Å². The zero-order valence-electron chi connectivity index (χ0n) is 10.8. The summed E-state index contributed by atoms with van der Waals surface area (Å²) < 4.78 is 31.3. The second-order valence-corrected chi connectivity index (χ2v) is 6.13. The van der Waals surface area contributed by atoms with Gasteiger partial charge in [0.05, 0.1) is 19.3 Å². The number of hydrogen-bond donors (Lipinski definition) is 4. The van der Waals surface area contributed by atoms with Crippen molar-refractivity contribution in [3.8, 4) is 5.75 Å². The molecular formula is C11H18N2O5S. The van der Waals surface area contributed by atoms with Crippen LogP contribution in [-0.2, 0) is 10.0 Å². The van der Waals surface area contributed by atoms with Crippen molar-refractivity contribution in [2.75, 3.05) is 26.0 Å². The van der Waals surface area contributed by atoms with Gasteiger partial charge in [-0.15, -0.1) is 0 Å². The summed E-state index contributed by atoms with van der Waals surface area (Å²) in [5.74, 6) is 0.108. The minimum Gasteiger partial charge on any atom is -0.495 e. The average molecular weight is 290 g/mol. The maximum Gasteiger partial charge on any atom is 0.244 e. The van der Waals surface area contributed by atoms with Gasteiger partial charge < -0.3 is 20.7 Å². The standard InChI is InChI=1S/C11H18N2O5S/c1-11(15,7-14)6-13-19(16,17)10-4-3-8(12)5-9(10)18-2/h3-5,13-15H,6-7,12H2,1-2H3. The summed E-state index contributed by atoms with van der Waals surface area (Å²) in [5.41, 5.74) is 4.38. The third-order valence-electron chi connectivity index (χ3n) is 2.46. The second kappa shape index (κ2) is 5.74. The summed E-state index contributed by atoms with van der Waals surface area (Å²) in [6, 6.07) is 4.13. The van der Waals surface area contributed by atoms with E-state index in [4.69, 9.17) is 15.6 Å². The number of nitrogen functional groups attached to an aromatic ring is 1. The molecule has 1 atom stereocenters. The highest BCUT2D eigenvalue weighted by molar-refractivity contribution is 7.89. The van der Waals surface area contributed by atoms with Crippen molar-refractivity contribution in [3.05, 3.63) is 18.2 Å². The molecule has 0 saturated heterocycles. The van der Waals surface area contributed by atoms with Crippen LogP contribution in [0.2, 0.25) is 0 Å². The Balaban J connectivity index is 3.01. The van der Waals surface area contributed by atoms with Crippen LogP contribution < -0.4 is 15.2 Å². The zero-order chi connectivity index (χ0) is 14.7. The normalized spacial score (nSPS) is 14.9. The van der Waals surface area contributed by atoms with E-state index in [-0.39, 0.29) is 17.2 Å². The van der Waals surface area contributed by atoms with Crippen molar-refractivity contribution in [1.82, 2.24) is 4.72 Å². The lowest BCUT2D eigenvalue weighted by Gasteiger charge is -2.21. The fraction of sp³-hybridized carbons (Fsp3) is 0.455. The number of anilines is 1. The Morgan fingerprint density at radius 1 is 1.47 bits per heavy atom. The van der Waals surface area contributed by atoms with E-state index in [1.165, 1.54) is 32.2 Å². The number of hydrogen-bond acceptors (Lipinski definition) is 6. The summed E-state index contributed by atoms with van der Waals surface area (Å²) in [6.07, 6.45) is 0. The van der Waals surface area contributed by atoms with E-state index in [0.29, 0.717) is 5.69 Å². The third-order valence-corrected chi connectivity index (χ3v) is 3.90. The number of aliphatic hydroxyl groups excluding tert-OH is 1. The van der Waals surface area contributed by atoms with Crippen LogP contribution in [0, 0.1) is 0 Å². The first-order chi connectivity index (χ1) is 8.72. The lowest BCUT2D eigenvalue weighted by Crippen LogP contribution is -2.43. The van der Waals surface area contributed by atoms with Crippen molar-refractivity contribution in [2.45, 2.75) is 17.4 Å². The molecule has 0 radical (unpaired) electrons. The van der Waals surface area contributed by atoms with Gasteiger partial charge in [0.15, 0.2) is 0 Å². The Morgan fingerprint density at radius 2 is 2.11 bits per heavy atom. The average Bonchev–Trinajstić information content (AvgIpc) is 2.36. The molecule has 0 amide bonds. The van der Waals surface area contributed by atoms with Crippen LogP contribution >= 0.6 is 0 Å². The molecule has 0 aliphatic heterocycles. The minimum absolute atomic E-state index is 0.0852. The number of rotatable bonds is 6. The van der Waals surface area contributed by atoms with Gasteiger partial charge >= 0.3 is 0 Å². The molecule has 5 N–H and O–H groups in total. The minimum atomic E-state index is -3.86. The van der Waals surface area contributed by atoms with Crippen molar-refractivity contribution < 1.29 is 23.4 Å². The molecule has 108 valence electrons. The van der Waals surface area contributed by atoms with E-state index in [2.05, 4.69) is 4.72 Å². The predicted molar refractivity (Wildman–Crippen MR) is 70.3 cm³/mol. The molecule has 1 rings (SSSR count). The highest BCUT2D eigenvalue weighted by Gasteiger charge is 2.25. The molecule has 0 aromatic heterocycles. The van der Waals surface area contributed by atoms with Crippen molar-refractivity contribution >= 4 is 15.7 Å². The zero-order valence-corrected chi connectivity index (χ0v) is 11.6. The number of nitrogens with one attached hydrogen (secondary N) is 1. The fourth-order valence-corrected chi connectivity index (χ4v) is 2.60. The Kier molecular flexibility index (Phi) is 4.75. The lowest BCUT2D eigenvalue weighted by atomic mass is 10.1. The number of benzene rings is 1. The van der Waals surface area contributed by atoms with E-state index >= 15 is 0 Å². The summed E-state index contributed by atoms with van der Waals surface area (Å²) in [5, 5.41) is 18.4. The molecule has 0 heterocycles. The van der Waals surface area contributed by atoms with Crippen LogP contribution in [0.3, 0.4) is 0 Å². The molecule has 8 heteroatoms. The fourth-order valence-electron chi connectivity index (χ4n) is 1.29. The summed E-state index contributed by atoms with van der Waals surface area (Å²) in [4.78, 5) is -0.0852. The lowest BCUT2D eigenvalue weighted by molar-refractivity contribution is 0.00680. The molecule has 1 aromatic rings.